The Hall–Kier alpha value is -3.42. The quantitative estimate of drug-likeness (QED) is 0.0855. The molecule has 3 N–H and O–H groups in total. The van der Waals surface area contributed by atoms with Crippen LogP contribution in [-0.2, 0) is 9.47 Å². The third-order valence-electron chi connectivity index (χ3n) is 6.57. The lowest BCUT2D eigenvalue weighted by atomic mass is 10.1. The summed E-state index contributed by atoms with van der Waals surface area (Å²) in [7, 11) is -1.23. The number of hydrogen-bond donors (Lipinski definition) is 3. The Labute approximate surface area is 252 Å². The highest BCUT2D eigenvalue weighted by atomic mass is 32.1. The summed E-state index contributed by atoms with van der Waals surface area (Å²) in [6.45, 7) is 13.4. The summed E-state index contributed by atoms with van der Waals surface area (Å²) in [4.78, 5) is 23.5. The first kappa shape index (κ1) is 31.5. The fourth-order valence-electron chi connectivity index (χ4n) is 4.37. The minimum absolute atomic E-state index is 0.324. The van der Waals surface area contributed by atoms with Gasteiger partial charge in [0.15, 0.2) is 0 Å². The number of carbonyl (C=O) groups excluding carboxylic acids is 1. The lowest BCUT2D eigenvalue weighted by molar-refractivity contribution is 0.0552. The van der Waals surface area contributed by atoms with Crippen molar-refractivity contribution in [1.29, 1.82) is 5.41 Å². The van der Waals surface area contributed by atoms with Crippen molar-refractivity contribution >= 4 is 59.4 Å². The normalized spacial score (nSPS) is 14.7. The van der Waals surface area contributed by atoms with Gasteiger partial charge in [-0.1, -0.05) is 43.8 Å². The highest BCUT2D eigenvalue weighted by Crippen LogP contribution is 2.38. The third-order valence-corrected chi connectivity index (χ3v) is 9.38. The van der Waals surface area contributed by atoms with Gasteiger partial charge in [0.05, 0.1) is 28.6 Å². The molecule has 0 bridgehead atoms. The van der Waals surface area contributed by atoms with E-state index in [2.05, 4.69) is 45.5 Å². The van der Waals surface area contributed by atoms with Gasteiger partial charge in [0, 0.05) is 33.0 Å². The smallest absolute Gasteiger partial charge is 0.411 e. The van der Waals surface area contributed by atoms with Gasteiger partial charge in [0.2, 0.25) is 5.13 Å². The summed E-state index contributed by atoms with van der Waals surface area (Å²) in [6, 6.07) is 6.77. The highest BCUT2D eigenvalue weighted by Gasteiger charge is 2.24. The van der Waals surface area contributed by atoms with Crippen LogP contribution in [0.5, 0.6) is 0 Å². The molecule has 226 valence electrons. The molecule has 11 nitrogen and oxygen atoms in total. The maximum atomic E-state index is 12.0. The van der Waals surface area contributed by atoms with E-state index in [1.54, 1.807) is 38.3 Å². The van der Waals surface area contributed by atoms with E-state index in [1.165, 1.54) is 19.0 Å². The zero-order chi connectivity index (χ0) is 30.3. The predicted molar refractivity (Wildman–Crippen MR) is 172 cm³/mol. The van der Waals surface area contributed by atoms with Crippen LogP contribution in [0.15, 0.2) is 36.3 Å². The molecule has 1 saturated carbocycles. The first-order valence-electron chi connectivity index (χ1n) is 14.3. The predicted octanol–water partition coefficient (Wildman–Crippen LogP) is 7.02. The average Bonchev–Trinajstić information content (AvgIpc) is 3.62. The minimum atomic E-state index is -1.23. The molecule has 4 rings (SSSR count). The molecule has 0 spiro atoms. The molecule has 0 radical (unpaired) electrons. The van der Waals surface area contributed by atoms with Crippen LogP contribution in [0.3, 0.4) is 0 Å². The molecule has 1 amide bonds. The van der Waals surface area contributed by atoms with Crippen molar-refractivity contribution < 1.29 is 14.3 Å². The zero-order valence-corrected chi connectivity index (χ0v) is 27.2. The number of anilines is 3. The summed E-state index contributed by atoms with van der Waals surface area (Å²) in [5.41, 5.74) is 1.73. The highest BCUT2D eigenvalue weighted by molar-refractivity contribution is 7.15. The van der Waals surface area contributed by atoms with Crippen LogP contribution in [0.25, 0.3) is 11.0 Å². The van der Waals surface area contributed by atoms with Crippen LogP contribution in [0.2, 0.25) is 25.7 Å². The first-order valence-corrected chi connectivity index (χ1v) is 18.9. The molecule has 13 heteroatoms. The van der Waals surface area contributed by atoms with Gasteiger partial charge in [-0.2, -0.15) is 0 Å². The standard InChI is InChI=1S/C29H42N8O3SSi/c1-29(2,3)40-28(38)32-18-22(16-30)33-21-15-24-23(31-17-21)11-12-25(34-24)37(19-39-13-14-42(4,5)6)27-36-35-26(41-27)20-9-7-8-10-20/h11-12,15-18,20,30,33H,7-10,13-14,19H2,1-6H3,(H,32,38)/b22-18+,30-16?. The molecule has 0 atom stereocenters. The van der Waals surface area contributed by atoms with Gasteiger partial charge in [-0.3, -0.25) is 15.2 Å². The molecule has 0 aliphatic heterocycles. The fourth-order valence-corrected chi connectivity index (χ4v) is 6.13. The van der Waals surface area contributed by atoms with Gasteiger partial charge in [-0.05, 0) is 57.9 Å². The number of pyridine rings is 2. The van der Waals surface area contributed by atoms with Gasteiger partial charge >= 0.3 is 6.09 Å². The van der Waals surface area contributed by atoms with Crippen molar-refractivity contribution in [3.8, 4) is 0 Å². The van der Waals surface area contributed by atoms with Gasteiger partial charge < -0.3 is 20.2 Å². The fraction of sp³-hybridized carbons (Fsp3) is 0.517. The maximum absolute atomic E-state index is 12.0. The van der Waals surface area contributed by atoms with Crippen LogP contribution in [0.4, 0.5) is 21.4 Å². The van der Waals surface area contributed by atoms with Crippen LogP contribution in [0.1, 0.15) is 57.4 Å². The van der Waals surface area contributed by atoms with Crippen molar-refractivity contribution in [3.05, 3.63) is 41.3 Å². The number of hydrogen-bond acceptors (Lipinski definition) is 11. The largest absolute Gasteiger partial charge is 0.444 e. The molecule has 3 heterocycles. The molecular weight excluding hydrogens is 569 g/mol. The van der Waals surface area contributed by atoms with E-state index in [4.69, 9.17) is 19.9 Å². The number of nitrogens with zero attached hydrogens (tertiary/aromatic N) is 5. The van der Waals surface area contributed by atoms with E-state index >= 15 is 0 Å². The van der Waals surface area contributed by atoms with Crippen molar-refractivity contribution in [1.82, 2.24) is 25.5 Å². The van der Waals surface area contributed by atoms with Crippen molar-refractivity contribution in [2.75, 3.05) is 23.6 Å². The lowest BCUT2D eigenvalue weighted by Crippen LogP contribution is -2.30. The molecule has 3 aromatic rings. The number of ether oxygens (including phenoxy) is 2. The zero-order valence-electron chi connectivity index (χ0n) is 25.4. The van der Waals surface area contributed by atoms with Gasteiger partial charge in [-0.25, -0.2) is 9.78 Å². The number of amides is 1. The van der Waals surface area contributed by atoms with Crippen molar-refractivity contribution in [3.63, 3.8) is 0 Å². The topological polar surface area (TPSA) is 138 Å². The lowest BCUT2D eigenvalue weighted by Gasteiger charge is -2.22. The van der Waals surface area contributed by atoms with Gasteiger partial charge in [-0.15, -0.1) is 10.2 Å². The van der Waals surface area contributed by atoms with E-state index in [0.29, 0.717) is 42.0 Å². The number of alkyl carbamates (subject to hydrolysis) is 1. The number of aromatic nitrogens is 4. The average molecular weight is 611 g/mol. The Balaban J connectivity index is 1.55. The van der Waals surface area contributed by atoms with Crippen LogP contribution in [-0.4, -0.2) is 59.5 Å². The molecular formula is C29H42N8O3SSi. The molecule has 1 aliphatic rings. The minimum Gasteiger partial charge on any atom is -0.444 e. The Kier molecular flexibility index (Phi) is 10.3. The van der Waals surface area contributed by atoms with E-state index in [0.717, 1.165) is 40.8 Å². The van der Waals surface area contributed by atoms with Crippen molar-refractivity contribution in [2.45, 2.75) is 83.7 Å². The second kappa shape index (κ2) is 13.7. The molecule has 0 saturated heterocycles. The summed E-state index contributed by atoms with van der Waals surface area (Å²) >= 11 is 1.61. The number of nitrogens with one attached hydrogen (secondary N) is 3. The molecule has 1 fully saturated rings. The molecule has 42 heavy (non-hydrogen) atoms. The molecule has 3 aromatic heterocycles. The Bertz CT molecular complexity index is 1410. The summed E-state index contributed by atoms with van der Waals surface area (Å²) in [5, 5.41) is 24.3. The molecule has 1 aliphatic carbocycles. The van der Waals surface area contributed by atoms with Gasteiger partial charge in [0.25, 0.3) is 0 Å². The number of rotatable bonds is 12. The first-order chi connectivity index (χ1) is 19.9. The van der Waals surface area contributed by atoms with Crippen LogP contribution >= 0.6 is 11.3 Å². The third kappa shape index (κ3) is 9.29. The van der Waals surface area contributed by atoms with E-state index in [9.17, 15) is 4.79 Å². The Morgan fingerprint density at radius 1 is 1.19 bits per heavy atom. The SMILES string of the molecule is CC(C)(C)OC(=O)N/C=C(\C=N)Nc1cnc2ccc(N(COCC[Si](C)(C)C)c3nnc(C4CCCC4)s3)nc2c1. The monoisotopic (exact) mass is 610 g/mol. The maximum Gasteiger partial charge on any atom is 0.411 e. The van der Waals surface area contributed by atoms with Gasteiger partial charge in [0.1, 0.15) is 23.2 Å². The second-order valence-electron chi connectivity index (χ2n) is 12.6. The van der Waals surface area contributed by atoms with E-state index < -0.39 is 19.8 Å². The Morgan fingerprint density at radius 2 is 1.95 bits per heavy atom. The number of allylic oxidation sites excluding steroid dienone is 1. The van der Waals surface area contributed by atoms with Crippen molar-refractivity contribution in [2.24, 2.45) is 0 Å². The molecule has 0 aromatic carbocycles. The number of fused-ring (bicyclic) bond motifs is 1. The second-order valence-corrected chi connectivity index (χ2v) is 19.2. The Morgan fingerprint density at radius 3 is 2.64 bits per heavy atom. The summed E-state index contributed by atoms with van der Waals surface area (Å²) in [5.74, 6) is 1.17. The number of carbonyl (C=O) groups is 1. The van der Waals surface area contributed by atoms with E-state index in [-0.39, 0.29) is 0 Å². The molecule has 0 unspecified atom stereocenters. The van der Waals surface area contributed by atoms with Crippen LogP contribution < -0.4 is 15.5 Å². The summed E-state index contributed by atoms with van der Waals surface area (Å²) in [6.07, 6.45) is 8.34. The summed E-state index contributed by atoms with van der Waals surface area (Å²) < 4.78 is 11.4. The van der Waals surface area contributed by atoms with Crippen LogP contribution in [0, 0.1) is 5.41 Å². The van der Waals surface area contributed by atoms with E-state index in [1.807, 2.05) is 23.1 Å².